The summed E-state index contributed by atoms with van der Waals surface area (Å²) in [7, 11) is 0. The van der Waals surface area contributed by atoms with Gasteiger partial charge in [0, 0.05) is 30.3 Å². The third-order valence-electron chi connectivity index (χ3n) is 5.68. The number of aromatic nitrogens is 3. The van der Waals surface area contributed by atoms with Crippen LogP contribution < -0.4 is 4.90 Å². The summed E-state index contributed by atoms with van der Waals surface area (Å²) in [6, 6.07) is 7.74. The first kappa shape index (κ1) is 19.3. The molecule has 29 heavy (non-hydrogen) atoms. The van der Waals surface area contributed by atoms with Crippen molar-refractivity contribution in [2.45, 2.75) is 44.3 Å². The monoisotopic (exact) mass is 432 g/mol. The van der Waals surface area contributed by atoms with Crippen LogP contribution >= 0.6 is 22.9 Å². The molecule has 2 fully saturated rings. The second kappa shape index (κ2) is 8.60. The number of hydrogen-bond acceptors (Lipinski definition) is 6. The van der Waals surface area contributed by atoms with E-state index in [9.17, 15) is 0 Å². The number of hydrogen-bond donors (Lipinski definition) is 0. The predicted octanol–water partition coefficient (Wildman–Crippen LogP) is 4.67. The van der Waals surface area contributed by atoms with Crippen LogP contribution in [0.2, 0.25) is 5.02 Å². The van der Waals surface area contributed by atoms with Crippen molar-refractivity contribution in [2.24, 2.45) is 0 Å². The summed E-state index contributed by atoms with van der Waals surface area (Å²) < 4.78 is 13.8. The third kappa shape index (κ3) is 4.43. The van der Waals surface area contributed by atoms with Gasteiger partial charge >= 0.3 is 0 Å². The molecule has 0 spiro atoms. The molecule has 2 aromatic heterocycles. The van der Waals surface area contributed by atoms with Crippen molar-refractivity contribution in [3.05, 3.63) is 35.5 Å². The number of ether oxygens (including phenoxy) is 2. The van der Waals surface area contributed by atoms with Crippen molar-refractivity contribution in [1.82, 2.24) is 14.6 Å². The lowest BCUT2D eigenvalue weighted by Gasteiger charge is -2.32. The highest BCUT2D eigenvalue weighted by Gasteiger charge is 2.24. The fourth-order valence-corrected chi connectivity index (χ4v) is 5.03. The molecule has 0 amide bonds. The molecule has 2 aliphatic rings. The first-order valence-electron chi connectivity index (χ1n) is 10.3. The lowest BCUT2D eigenvalue weighted by molar-refractivity contribution is -0.0672. The molecule has 0 N–H and O–H groups in total. The molecule has 5 rings (SSSR count). The van der Waals surface area contributed by atoms with E-state index in [4.69, 9.17) is 31.2 Å². The first-order valence-corrected chi connectivity index (χ1v) is 11.5. The number of halogens is 1. The molecule has 3 aromatic rings. The Hall–Kier alpha value is -1.67. The van der Waals surface area contributed by atoms with Gasteiger partial charge in [-0.3, -0.25) is 0 Å². The molecule has 1 unspecified atom stereocenters. The molecule has 6 nitrogen and oxygen atoms in total. The zero-order valence-electron chi connectivity index (χ0n) is 16.3. The minimum absolute atomic E-state index is 0.295. The Morgan fingerprint density at radius 3 is 2.69 bits per heavy atom. The molecule has 0 aliphatic carbocycles. The molecule has 0 radical (unpaired) electrons. The maximum atomic E-state index is 6.13. The van der Waals surface area contributed by atoms with Crippen molar-refractivity contribution < 1.29 is 9.47 Å². The van der Waals surface area contributed by atoms with Crippen LogP contribution in [0, 0.1) is 0 Å². The van der Waals surface area contributed by atoms with E-state index in [0.29, 0.717) is 12.2 Å². The van der Waals surface area contributed by atoms with E-state index in [1.807, 2.05) is 35.0 Å². The smallest absolute Gasteiger partial charge is 0.214 e. The predicted molar refractivity (Wildman–Crippen MR) is 116 cm³/mol. The first-order chi connectivity index (χ1) is 14.2. The Kier molecular flexibility index (Phi) is 5.72. The van der Waals surface area contributed by atoms with Gasteiger partial charge < -0.3 is 14.4 Å². The zero-order chi connectivity index (χ0) is 19.6. The van der Waals surface area contributed by atoms with Crippen LogP contribution in [0.3, 0.4) is 0 Å². The topological polar surface area (TPSA) is 51.9 Å². The lowest BCUT2D eigenvalue weighted by Crippen LogP contribution is -2.38. The maximum Gasteiger partial charge on any atom is 0.214 e. The Balaban J connectivity index is 1.17. The molecule has 154 valence electrons. The molecule has 1 aromatic carbocycles. The van der Waals surface area contributed by atoms with Crippen LogP contribution in [0.4, 0.5) is 5.13 Å². The van der Waals surface area contributed by atoms with Crippen molar-refractivity contribution in [1.29, 1.82) is 0 Å². The average Bonchev–Trinajstić information content (AvgIpc) is 3.33. The second-order valence-electron chi connectivity index (χ2n) is 7.75. The highest BCUT2D eigenvalue weighted by atomic mass is 35.5. The Morgan fingerprint density at radius 2 is 1.97 bits per heavy atom. The van der Waals surface area contributed by atoms with Gasteiger partial charge in [-0.1, -0.05) is 35.1 Å². The summed E-state index contributed by atoms with van der Waals surface area (Å²) in [6.07, 6.45) is 8.26. The summed E-state index contributed by atoms with van der Waals surface area (Å²) in [6.45, 7) is 3.56. The van der Waals surface area contributed by atoms with E-state index >= 15 is 0 Å². The van der Waals surface area contributed by atoms with Crippen LogP contribution in [0.1, 0.15) is 32.1 Å². The summed E-state index contributed by atoms with van der Waals surface area (Å²) >= 11 is 7.62. The highest BCUT2D eigenvalue weighted by Crippen LogP contribution is 2.29. The normalized spacial score (nSPS) is 21.1. The van der Waals surface area contributed by atoms with Crippen molar-refractivity contribution in [3.63, 3.8) is 0 Å². The third-order valence-corrected chi connectivity index (χ3v) is 6.91. The summed E-state index contributed by atoms with van der Waals surface area (Å²) in [5.74, 6) is 0. The lowest BCUT2D eigenvalue weighted by atomic mass is 10.1. The molecule has 2 saturated heterocycles. The molecule has 0 saturated carbocycles. The molecule has 4 heterocycles. The minimum Gasteiger partial charge on any atom is -0.376 e. The summed E-state index contributed by atoms with van der Waals surface area (Å²) in [5.41, 5.74) is 1.97. The van der Waals surface area contributed by atoms with Gasteiger partial charge in [0.15, 0.2) is 0 Å². The zero-order valence-corrected chi connectivity index (χ0v) is 17.9. The van der Waals surface area contributed by atoms with E-state index in [0.717, 1.165) is 71.9 Å². The standard InChI is InChI=1S/C21H25ClN4O2S/c22-16-6-4-15(5-7-16)19-13-26-20(23-19)29-21(24-26)25-10-8-17(9-11-25)28-14-18-3-1-2-12-27-18/h4-7,13,17-18H,1-3,8-12,14H2. The molecular formula is C21H25ClN4O2S. The van der Waals surface area contributed by atoms with Crippen LogP contribution in [-0.4, -0.2) is 53.1 Å². The molecule has 8 heteroatoms. The van der Waals surface area contributed by atoms with Gasteiger partial charge in [-0.15, -0.1) is 5.10 Å². The number of piperidine rings is 1. The van der Waals surface area contributed by atoms with Gasteiger partial charge in [-0.05, 0) is 44.2 Å². The van der Waals surface area contributed by atoms with Crippen molar-refractivity contribution in [2.75, 3.05) is 31.2 Å². The van der Waals surface area contributed by atoms with E-state index < -0.39 is 0 Å². The highest BCUT2D eigenvalue weighted by molar-refractivity contribution is 7.20. The van der Waals surface area contributed by atoms with Crippen LogP contribution in [-0.2, 0) is 9.47 Å². The van der Waals surface area contributed by atoms with E-state index in [1.165, 1.54) is 12.8 Å². The quantitative estimate of drug-likeness (QED) is 0.586. The Morgan fingerprint density at radius 1 is 1.14 bits per heavy atom. The molecule has 2 aliphatic heterocycles. The second-order valence-corrected chi connectivity index (χ2v) is 9.12. The molecular weight excluding hydrogens is 408 g/mol. The van der Waals surface area contributed by atoms with Crippen LogP contribution in [0.25, 0.3) is 16.2 Å². The molecule has 1 atom stereocenters. The van der Waals surface area contributed by atoms with Gasteiger partial charge in [0.25, 0.3) is 0 Å². The number of anilines is 1. The van der Waals surface area contributed by atoms with Gasteiger partial charge in [-0.25, -0.2) is 9.50 Å². The number of imidazole rings is 1. The fourth-order valence-electron chi connectivity index (χ4n) is 3.97. The average molecular weight is 433 g/mol. The number of fused-ring (bicyclic) bond motifs is 1. The van der Waals surface area contributed by atoms with E-state index in [1.54, 1.807) is 11.3 Å². The fraction of sp³-hybridized carbons (Fsp3) is 0.524. The molecule has 0 bridgehead atoms. The van der Waals surface area contributed by atoms with Gasteiger partial charge in [0.05, 0.1) is 30.7 Å². The SMILES string of the molecule is Clc1ccc(-c2cn3nc(N4CCC(OCC5CCCCO5)CC4)sc3n2)cc1. The van der Waals surface area contributed by atoms with Crippen molar-refractivity contribution >= 4 is 33.0 Å². The maximum absolute atomic E-state index is 6.13. The summed E-state index contributed by atoms with van der Waals surface area (Å²) in [4.78, 5) is 8.00. The summed E-state index contributed by atoms with van der Waals surface area (Å²) in [5, 5.41) is 6.52. The Labute approximate surface area is 179 Å². The van der Waals surface area contributed by atoms with E-state index in [-0.39, 0.29) is 0 Å². The largest absolute Gasteiger partial charge is 0.376 e. The van der Waals surface area contributed by atoms with Crippen LogP contribution in [0.5, 0.6) is 0 Å². The van der Waals surface area contributed by atoms with Gasteiger partial charge in [0.2, 0.25) is 10.1 Å². The number of rotatable bonds is 5. The van der Waals surface area contributed by atoms with E-state index in [2.05, 4.69) is 4.90 Å². The van der Waals surface area contributed by atoms with Gasteiger partial charge in [0.1, 0.15) is 0 Å². The number of benzene rings is 1. The van der Waals surface area contributed by atoms with Crippen molar-refractivity contribution in [3.8, 4) is 11.3 Å². The van der Waals surface area contributed by atoms with Gasteiger partial charge in [-0.2, -0.15) is 0 Å². The van der Waals surface area contributed by atoms with Crippen LogP contribution in [0.15, 0.2) is 30.5 Å². The Bertz CT molecular complexity index is 912. The minimum atomic E-state index is 0.295. The number of nitrogens with zero attached hydrogens (tertiary/aromatic N) is 4.